The minimum absolute atomic E-state index is 0.683. The van der Waals surface area contributed by atoms with Crippen molar-refractivity contribution in [3.8, 4) is 0 Å². The molecule has 0 amide bonds. The van der Waals surface area contributed by atoms with E-state index < -0.39 is 0 Å². The monoisotopic (exact) mass is 358 g/mol. The van der Waals surface area contributed by atoms with Gasteiger partial charge in [-0.15, -0.1) is 0 Å². The Morgan fingerprint density at radius 3 is 2.35 bits per heavy atom. The summed E-state index contributed by atoms with van der Waals surface area (Å²) in [6, 6.07) is 2.90. The van der Waals surface area contributed by atoms with Crippen molar-refractivity contribution in [1.82, 2.24) is 19.8 Å². The Hall–Kier alpha value is -1.40. The van der Waals surface area contributed by atoms with Gasteiger partial charge in [0.05, 0.1) is 0 Å². The molecule has 4 heterocycles. The predicted octanol–water partition coefficient (Wildman–Crippen LogP) is 1.93. The zero-order valence-electron chi connectivity index (χ0n) is 16.5. The van der Waals surface area contributed by atoms with Gasteiger partial charge in [-0.25, -0.2) is 9.97 Å². The molecule has 0 N–H and O–H groups in total. The van der Waals surface area contributed by atoms with Gasteiger partial charge in [0.25, 0.3) is 0 Å². The van der Waals surface area contributed by atoms with E-state index in [1.807, 2.05) is 0 Å². The normalized spacial score (nSPS) is 28.7. The van der Waals surface area contributed by atoms with Gasteiger partial charge in [-0.2, -0.15) is 0 Å². The lowest BCUT2D eigenvalue weighted by atomic mass is 10.0. The molecule has 4 rings (SSSR count). The maximum Gasteiger partial charge on any atom is 0.134 e. The third kappa shape index (κ3) is 3.96. The van der Waals surface area contributed by atoms with Crippen molar-refractivity contribution in [1.29, 1.82) is 0 Å². The van der Waals surface area contributed by atoms with Gasteiger partial charge >= 0.3 is 0 Å². The minimum Gasteiger partial charge on any atom is -0.356 e. The summed E-state index contributed by atoms with van der Waals surface area (Å²) < 4.78 is 0. The summed E-state index contributed by atoms with van der Waals surface area (Å²) in [4.78, 5) is 19.3. The molecule has 3 fully saturated rings. The fourth-order valence-electron chi connectivity index (χ4n) is 4.77. The highest BCUT2D eigenvalue weighted by atomic mass is 15.3. The second-order valence-corrected chi connectivity index (χ2v) is 8.29. The van der Waals surface area contributed by atoms with E-state index in [2.05, 4.69) is 49.5 Å². The Labute approximate surface area is 158 Å². The van der Waals surface area contributed by atoms with E-state index in [0.717, 1.165) is 43.7 Å². The first-order valence-electron chi connectivity index (χ1n) is 10.5. The highest BCUT2D eigenvalue weighted by molar-refractivity contribution is 5.51. The van der Waals surface area contributed by atoms with Crippen LogP contribution in [0.5, 0.6) is 0 Å². The first-order valence-corrected chi connectivity index (χ1v) is 10.5. The molecule has 0 bridgehead atoms. The first kappa shape index (κ1) is 18.0. The summed E-state index contributed by atoms with van der Waals surface area (Å²) in [5.41, 5.74) is 0. The van der Waals surface area contributed by atoms with Crippen LogP contribution in [0.3, 0.4) is 0 Å². The molecular formula is C20H34N6. The third-order valence-corrected chi connectivity index (χ3v) is 6.48. The number of aromatic nitrogens is 2. The van der Waals surface area contributed by atoms with Crippen molar-refractivity contribution in [2.45, 2.75) is 39.2 Å². The molecule has 0 spiro atoms. The molecule has 3 saturated heterocycles. The Morgan fingerprint density at radius 2 is 1.65 bits per heavy atom. The van der Waals surface area contributed by atoms with Crippen LogP contribution in [0.15, 0.2) is 12.4 Å². The molecule has 0 saturated carbocycles. The van der Waals surface area contributed by atoms with E-state index in [4.69, 9.17) is 0 Å². The number of hydrogen-bond donors (Lipinski definition) is 0. The molecule has 2 atom stereocenters. The van der Waals surface area contributed by atoms with E-state index in [0.29, 0.717) is 6.04 Å². The Morgan fingerprint density at radius 1 is 0.923 bits per heavy atom. The molecule has 6 nitrogen and oxygen atoms in total. The zero-order valence-corrected chi connectivity index (χ0v) is 16.5. The highest BCUT2D eigenvalue weighted by Crippen LogP contribution is 2.26. The number of rotatable bonds is 4. The lowest BCUT2D eigenvalue weighted by molar-refractivity contribution is 0.107. The average molecular weight is 359 g/mol. The Kier molecular flexibility index (Phi) is 5.60. The number of piperazine rings is 1. The molecule has 0 radical (unpaired) electrons. The SMILES string of the molecule is CCN1CCN(C2CCN(c3cc(N4CCCC(C)C4)ncn3)C2)CC1. The average Bonchev–Trinajstić information content (AvgIpc) is 3.18. The highest BCUT2D eigenvalue weighted by Gasteiger charge is 2.30. The van der Waals surface area contributed by atoms with Crippen molar-refractivity contribution >= 4 is 11.6 Å². The molecule has 26 heavy (non-hydrogen) atoms. The van der Waals surface area contributed by atoms with Crippen molar-refractivity contribution < 1.29 is 0 Å². The van der Waals surface area contributed by atoms with Gasteiger partial charge in [0.15, 0.2) is 0 Å². The maximum absolute atomic E-state index is 4.60. The quantitative estimate of drug-likeness (QED) is 0.819. The van der Waals surface area contributed by atoms with E-state index in [1.54, 1.807) is 6.33 Å². The van der Waals surface area contributed by atoms with Crippen molar-refractivity contribution in [3.63, 3.8) is 0 Å². The smallest absolute Gasteiger partial charge is 0.134 e. The van der Waals surface area contributed by atoms with Gasteiger partial charge in [-0.05, 0) is 31.7 Å². The van der Waals surface area contributed by atoms with Crippen LogP contribution >= 0.6 is 0 Å². The topological polar surface area (TPSA) is 38.7 Å². The lowest BCUT2D eigenvalue weighted by Crippen LogP contribution is -2.50. The van der Waals surface area contributed by atoms with Crippen LogP contribution in [0.2, 0.25) is 0 Å². The first-order chi connectivity index (χ1) is 12.7. The zero-order chi connectivity index (χ0) is 17.9. The van der Waals surface area contributed by atoms with Gasteiger partial charge < -0.3 is 14.7 Å². The summed E-state index contributed by atoms with van der Waals surface area (Å²) in [5.74, 6) is 2.99. The van der Waals surface area contributed by atoms with Gasteiger partial charge in [0.2, 0.25) is 0 Å². The standard InChI is InChI=1S/C20H34N6/c1-3-23-9-11-24(12-10-23)18-6-8-26(15-18)20-13-19(21-16-22-20)25-7-4-5-17(2)14-25/h13,16-18H,3-12,14-15H2,1-2H3. The number of hydrogen-bond acceptors (Lipinski definition) is 6. The molecule has 3 aliphatic rings. The number of nitrogens with zero attached hydrogens (tertiary/aromatic N) is 6. The number of piperidine rings is 1. The predicted molar refractivity (Wildman–Crippen MR) is 107 cm³/mol. The minimum atomic E-state index is 0.683. The van der Waals surface area contributed by atoms with Crippen LogP contribution in [0.25, 0.3) is 0 Å². The van der Waals surface area contributed by atoms with Crippen molar-refractivity contribution in [2.75, 3.05) is 68.7 Å². The van der Waals surface area contributed by atoms with Gasteiger partial charge in [0, 0.05) is 64.5 Å². The molecule has 1 aromatic heterocycles. The third-order valence-electron chi connectivity index (χ3n) is 6.48. The fraction of sp³-hybridized carbons (Fsp3) is 0.800. The van der Waals surface area contributed by atoms with E-state index >= 15 is 0 Å². The number of likely N-dealkylation sites (N-methyl/N-ethyl adjacent to an activating group) is 1. The summed E-state index contributed by atoms with van der Waals surface area (Å²) in [5, 5.41) is 0. The van der Waals surface area contributed by atoms with E-state index in [9.17, 15) is 0 Å². The maximum atomic E-state index is 4.60. The van der Waals surface area contributed by atoms with Crippen LogP contribution in [-0.4, -0.2) is 84.7 Å². The second-order valence-electron chi connectivity index (χ2n) is 8.29. The fourth-order valence-corrected chi connectivity index (χ4v) is 4.77. The Bertz CT molecular complexity index is 585. The van der Waals surface area contributed by atoms with Gasteiger partial charge in [-0.3, -0.25) is 4.90 Å². The van der Waals surface area contributed by atoms with Crippen LogP contribution < -0.4 is 9.80 Å². The second kappa shape index (κ2) is 8.09. The van der Waals surface area contributed by atoms with Crippen molar-refractivity contribution in [3.05, 3.63) is 12.4 Å². The van der Waals surface area contributed by atoms with E-state index in [-0.39, 0.29) is 0 Å². The molecule has 0 aliphatic carbocycles. The summed E-state index contributed by atoms with van der Waals surface area (Å²) in [6.45, 7) is 15.1. The summed E-state index contributed by atoms with van der Waals surface area (Å²) >= 11 is 0. The van der Waals surface area contributed by atoms with Crippen LogP contribution in [0, 0.1) is 5.92 Å². The molecule has 6 heteroatoms. The van der Waals surface area contributed by atoms with E-state index in [1.165, 1.54) is 52.0 Å². The largest absolute Gasteiger partial charge is 0.356 e. The number of anilines is 2. The molecule has 0 aromatic carbocycles. The lowest BCUT2D eigenvalue weighted by Gasteiger charge is -2.37. The van der Waals surface area contributed by atoms with Gasteiger partial charge in [-0.1, -0.05) is 13.8 Å². The molecule has 3 aliphatic heterocycles. The van der Waals surface area contributed by atoms with Crippen molar-refractivity contribution in [2.24, 2.45) is 5.92 Å². The van der Waals surface area contributed by atoms with Crippen LogP contribution in [0.4, 0.5) is 11.6 Å². The summed E-state index contributed by atoms with van der Waals surface area (Å²) in [7, 11) is 0. The Balaban J connectivity index is 1.37. The molecular weight excluding hydrogens is 324 g/mol. The molecule has 144 valence electrons. The van der Waals surface area contributed by atoms with Gasteiger partial charge in [0.1, 0.15) is 18.0 Å². The van der Waals surface area contributed by atoms with Crippen LogP contribution in [0.1, 0.15) is 33.1 Å². The summed E-state index contributed by atoms with van der Waals surface area (Å²) in [6.07, 6.45) is 5.63. The molecule has 1 aromatic rings. The van der Waals surface area contributed by atoms with Crippen LogP contribution in [-0.2, 0) is 0 Å². The molecule has 2 unspecified atom stereocenters.